The van der Waals surface area contributed by atoms with Gasteiger partial charge in [-0.05, 0) is 87.9 Å². The first-order valence-electron chi connectivity index (χ1n) is 17.7. The second-order valence-corrected chi connectivity index (χ2v) is 19.9. The highest BCUT2D eigenvalue weighted by Crippen LogP contribution is 2.47. The average molecular weight is 824 g/mol. The summed E-state index contributed by atoms with van der Waals surface area (Å²) in [5.41, 5.74) is 22.8. The molecule has 0 aliphatic rings. The van der Waals surface area contributed by atoms with Crippen LogP contribution in [0.3, 0.4) is 0 Å². The van der Waals surface area contributed by atoms with E-state index >= 15 is 0 Å². The molecule has 6 heterocycles. The standard InChI is InChI=1S/C42H39N4O2S6/c1-48-18-11-21-54(47)42-38(44)36-30(28-15-6-3-7-16-28)24-32(46-40(36)53-42)34-22-26(25-51-34)12-8-9-19-50-41-37(43)35-29(27-13-4-2-5-14-27)23-31(45-39(35)52-41)33-17-10-20-49-33/h2-7,10,13-17,20,22-25,47H,8-9,11-12,18-19,21,43-44H2,1H3/q+1. The summed E-state index contributed by atoms with van der Waals surface area (Å²) in [6.45, 7) is 0.609. The van der Waals surface area contributed by atoms with E-state index in [1.165, 1.54) is 16.9 Å². The minimum absolute atomic E-state index is 0.609. The first-order chi connectivity index (χ1) is 26.5. The van der Waals surface area contributed by atoms with Crippen molar-refractivity contribution in [1.29, 1.82) is 0 Å². The zero-order valence-corrected chi connectivity index (χ0v) is 34.5. The number of hydrogen-bond acceptors (Lipinski definition) is 11. The Balaban J connectivity index is 0.969. The van der Waals surface area contributed by atoms with Gasteiger partial charge in [0.25, 0.3) is 4.21 Å². The number of nitrogen functional groups attached to an aromatic ring is 2. The Kier molecular flexibility index (Phi) is 11.7. The second kappa shape index (κ2) is 17.0. The number of benzene rings is 2. The van der Waals surface area contributed by atoms with Crippen molar-refractivity contribution in [2.24, 2.45) is 0 Å². The third-order valence-electron chi connectivity index (χ3n) is 9.17. The monoisotopic (exact) mass is 823 g/mol. The molecule has 5 N–H and O–H groups in total. The number of aryl methyl sites for hydroxylation is 1. The molecule has 2 aromatic carbocycles. The maximum atomic E-state index is 11.1. The van der Waals surface area contributed by atoms with Crippen LogP contribution < -0.4 is 11.5 Å². The van der Waals surface area contributed by atoms with E-state index in [9.17, 15) is 4.55 Å². The number of rotatable bonds is 15. The van der Waals surface area contributed by atoms with Gasteiger partial charge in [0.2, 0.25) is 0 Å². The maximum Gasteiger partial charge on any atom is 0.269 e. The summed E-state index contributed by atoms with van der Waals surface area (Å²) >= 11 is 7.54. The van der Waals surface area contributed by atoms with Crippen molar-refractivity contribution in [1.82, 2.24) is 9.97 Å². The number of nitrogens with zero attached hydrogens (tertiary/aromatic N) is 2. The second-order valence-electron chi connectivity index (χ2n) is 12.8. The van der Waals surface area contributed by atoms with Crippen LogP contribution >= 0.6 is 57.1 Å². The Bertz CT molecular complexity index is 2490. The van der Waals surface area contributed by atoms with Gasteiger partial charge in [-0.3, -0.25) is 0 Å². The summed E-state index contributed by atoms with van der Waals surface area (Å²) in [7, 11) is 1.68. The Morgan fingerprint density at radius 3 is 2.07 bits per heavy atom. The molecule has 0 bridgehead atoms. The summed E-state index contributed by atoms with van der Waals surface area (Å²) < 4.78 is 18.2. The van der Waals surface area contributed by atoms with Gasteiger partial charge >= 0.3 is 0 Å². The van der Waals surface area contributed by atoms with Crippen molar-refractivity contribution in [2.45, 2.75) is 34.1 Å². The van der Waals surface area contributed by atoms with Crippen LogP contribution in [0.1, 0.15) is 24.8 Å². The number of hydrogen-bond donors (Lipinski definition) is 3. The first kappa shape index (κ1) is 37.2. The van der Waals surface area contributed by atoms with E-state index in [0.717, 1.165) is 109 Å². The molecular weight excluding hydrogens is 785 g/mol. The molecule has 0 amide bonds. The highest BCUT2D eigenvalue weighted by Gasteiger charge is 2.30. The van der Waals surface area contributed by atoms with Crippen molar-refractivity contribution in [3.8, 4) is 43.4 Å². The van der Waals surface area contributed by atoms with E-state index in [-0.39, 0.29) is 0 Å². The van der Waals surface area contributed by atoms with Gasteiger partial charge in [-0.15, -0.1) is 45.8 Å². The smallest absolute Gasteiger partial charge is 0.269 e. The molecular formula is C42H39N4O2S6+. The number of aromatic nitrogens is 2. The predicted molar refractivity (Wildman–Crippen MR) is 239 cm³/mol. The van der Waals surface area contributed by atoms with E-state index in [0.29, 0.717) is 18.0 Å². The van der Waals surface area contributed by atoms with Crippen LogP contribution in [-0.4, -0.2) is 39.7 Å². The lowest BCUT2D eigenvalue weighted by molar-refractivity contribution is 0.199. The van der Waals surface area contributed by atoms with Gasteiger partial charge in [-0.1, -0.05) is 78.1 Å². The minimum Gasteiger partial charge on any atom is -0.397 e. The third-order valence-corrected chi connectivity index (χ3v) is 16.6. The van der Waals surface area contributed by atoms with Crippen LogP contribution in [0, 0.1) is 0 Å². The highest BCUT2D eigenvalue weighted by molar-refractivity contribution is 8.01. The molecule has 0 aliphatic heterocycles. The lowest BCUT2D eigenvalue weighted by Gasteiger charge is -2.08. The van der Waals surface area contributed by atoms with E-state index in [1.807, 2.05) is 36.0 Å². The molecule has 0 aliphatic carbocycles. The first-order valence-corrected chi connectivity index (χ1v) is 23.4. The molecule has 0 saturated carbocycles. The average Bonchev–Trinajstić information content (AvgIpc) is 4.03. The lowest BCUT2D eigenvalue weighted by Crippen LogP contribution is -2.08. The van der Waals surface area contributed by atoms with Gasteiger partial charge in [0.15, 0.2) is 11.2 Å². The largest absolute Gasteiger partial charge is 0.397 e. The number of thiophene rings is 4. The van der Waals surface area contributed by atoms with Gasteiger partial charge in [0.1, 0.15) is 21.1 Å². The van der Waals surface area contributed by atoms with Crippen LogP contribution in [0.2, 0.25) is 0 Å². The molecule has 0 fully saturated rings. The summed E-state index contributed by atoms with van der Waals surface area (Å²) in [4.78, 5) is 14.3. The van der Waals surface area contributed by atoms with Crippen LogP contribution in [0.4, 0.5) is 11.4 Å². The molecule has 1 atom stereocenters. The van der Waals surface area contributed by atoms with Crippen molar-refractivity contribution < 1.29 is 9.29 Å². The SMILES string of the molecule is COCCC[S+](O)c1sc2nc(-c3cc(CCCCSc4sc5nc(-c6cccs6)cc(-c6ccccc6)c5c4N)cs3)cc(-c3ccccc3)c2c1N. The number of ether oxygens (including phenoxy) is 1. The number of methoxy groups -OCH3 is 1. The van der Waals surface area contributed by atoms with Gasteiger partial charge in [-0.25, -0.2) is 9.97 Å². The fraction of sp³-hybridized carbons (Fsp3) is 0.190. The summed E-state index contributed by atoms with van der Waals surface area (Å²) in [5.74, 6) is 1.61. The van der Waals surface area contributed by atoms with Gasteiger partial charge in [0, 0.05) is 24.3 Å². The summed E-state index contributed by atoms with van der Waals surface area (Å²) in [6.07, 6.45) is 3.93. The van der Waals surface area contributed by atoms with Crippen molar-refractivity contribution in [2.75, 3.05) is 36.7 Å². The number of fused-ring (bicyclic) bond motifs is 2. The Labute approximate surface area is 338 Å². The van der Waals surface area contributed by atoms with E-state index in [2.05, 4.69) is 77.5 Å². The van der Waals surface area contributed by atoms with Crippen molar-refractivity contribution >= 4 is 100 Å². The number of unbranched alkanes of at least 4 members (excludes halogenated alkanes) is 1. The number of nitrogens with two attached hydrogens (primary N) is 2. The lowest BCUT2D eigenvalue weighted by atomic mass is 10.0. The fourth-order valence-electron chi connectivity index (χ4n) is 6.52. The summed E-state index contributed by atoms with van der Waals surface area (Å²) in [5, 5.41) is 6.34. The fourth-order valence-corrected chi connectivity index (χ4v) is 13.1. The van der Waals surface area contributed by atoms with E-state index < -0.39 is 11.2 Å². The van der Waals surface area contributed by atoms with Gasteiger partial charge in [-0.2, -0.15) is 4.55 Å². The van der Waals surface area contributed by atoms with E-state index in [4.69, 9.17) is 26.2 Å². The molecule has 6 nitrogen and oxygen atoms in total. The molecule has 6 aromatic heterocycles. The zero-order valence-electron chi connectivity index (χ0n) is 29.6. The minimum atomic E-state index is -0.965. The van der Waals surface area contributed by atoms with Gasteiger partial charge < -0.3 is 16.2 Å². The third kappa shape index (κ3) is 7.85. The summed E-state index contributed by atoms with van der Waals surface area (Å²) in [6, 6.07) is 31.7. The van der Waals surface area contributed by atoms with Crippen molar-refractivity contribution in [3.63, 3.8) is 0 Å². The number of anilines is 2. The van der Waals surface area contributed by atoms with E-state index in [1.54, 1.807) is 41.1 Å². The topological polar surface area (TPSA) is 107 Å². The Morgan fingerprint density at radius 2 is 1.41 bits per heavy atom. The van der Waals surface area contributed by atoms with Crippen LogP contribution in [0.5, 0.6) is 0 Å². The zero-order chi connectivity index (χ0) is 37.0. The molecule has 0 radical (unpaired) electrons. The highest BCUT2D eigenvalue weighted by atomic mass is 32.2. The van der Waals surface area contributed by atoms with Crippen LogP contribution in [0.15, 0.2) is 110 Å². The normalized spacial score (nSPS) is 12.3. The quantitative estimate of drug-likeness (QED) is 0.0537. The Hall–Kier alpha value is -3.72. The molecule has 54 heavy (non-hydrogen) atoms. The number of pyridine rings is 2. The molecule has 8 rings (SSSR count). The van der Waals surface area contributed by atoms with Crippen LogP contribution in [0.25, 0.3) is 63.8 Å². The molecule has 12 heteroatoms. The molecule has 8 aromatic rings. The van der Waals surface area contributed by atoms with Crippen molar-refractivity contribution in [3.05, 3.63) is 107 Å². The number of thioether (sulfide) groups is 1. The predicted octanol–water partition coefficient (Wildman–Crippen LogP) is 12.5. The molecule has 0 saturated heterocycles. The van der Waals surface area contributed by atoms with Crippen LogP contribution in [-0.2, 0) is 22.3 Å². The Morgan fingerprint density at radius 1 is 0.741 bits per heavy atom. The van der Waals surface area contributed by atoms with Gasteiger partial charge in [0.05, 0.1) is 37.6 Å². The maximum absolute atomic E-state index is 11.1. The molecule has 274 valence electrons. The molecule has 0 spiro atoms. The molecule has 1 unspecified atom stereocenters.